The second kappa shape index (κ2) is 35.0. The number of rotatable bonds is 10. The van der Waals surface area contributed by atoms with Gasteiger partial charge in [0.05, 0.1) is 21.5 Å². The number of aromatic nitrogens is 12. The Morgan fingerprint density at radius 1 is 0.356 bits per heavy atom. The quantitative estimate of drug-likeness (QED) is 0.0349. The molecule has 7 fully saturated rings. The van der Waals surface area contributed by atoms with Crippen LogP contribution < -0.4 is 56.4 Å². The number of carbonyl (C=O) groups excluding carboxylic acids is 2. The van der Waals surface area contributed by atoms with Gasteiger partial charge in [-0.05, 0) is 185 Å². The van der Waals surface area contributed by atoms with Gasteiger partial charge in [0, 0.05) is 191 Å². The summed E-state index contributed by atoms with van der Waals surface area (Å²) in [4.78, 5) is 87.9. The number of nitrogens with one attached hydrogen (secondary N) is 8. The summed E-state index contributed by atoms with van der Waals surface area (Å²) in [5.41, 5.74) is 15.2. The molecule has 15 heterocycles. The van der Waals surface area contributed by atoms with E-state index >= 15 is 0 Å². The number of amides is 2. The largest absolute Gasteiger partial charge is 0.399 e. The summed E-state index contributed by atoms with van der Waals surface area (Å²) in [6.07, 6.45) is 17.6. The zero-order valence-electron chi connectivity index (χ0n) is 59.0. The van der Waals surface area contributed by atoms with Crippen molar-refractivity contribution in [1.29, 1.82) is 0 Å². The van der Waals surface area contributed by atoms with Crippen molar-refractivity contribution in [2.45, 2.75) is 65.2 Å². The van der Waals surface area contributed by atoms with Crippen molar-refractivity contribution in [1.82, 2.24) is 80.2 Å². The first kappa shape index (κ1) is 72.4. The number of anilines is 11. The Labute approximate surface area is 620 Å². The highest BCUT2D eigenvalue weighted by Gasteiger charge is 2.24. The Morgan fingerprint density at radius 3 is 1.08 bits per heavy atom. The van der Waals surface area contributed by atoms with Gasteiger partial charge < -0.3 is 86.1 Å². The van der Waals surface area contributed by atoms with Crippen LogP contribution in [-0.2, 0) is 9.59 Å². The van der Waals surface area contributed by atoms with E-state index in [0.29, 0.717) is 28.0 Å². The molecule has 2 amide bonds. The van der Waals surface area contributed by atoms with Crippen molar-refractivity contribution in [2.24, 2.45) is 0 Å². The van der Waals surface area contributed by atoms with E-state index in [4.69, 9.17) is 50.5 Å². The highest BCUT2D eigenvalue weighted by Crippen LogP contribution is 2.33. The van der Waals surface area contributed by atoms with Crippen molar-refractivity contribution in [3.05, 3.63) is 138 Å². The number of nitrogens with two attached hydrogens (primary N) is 1. The molecule has 0 saturated carbocycles. The number of piperazine rings is 3. The molecule has 7 saturated heterocycles. The van der Waals surface area contributed by atoms with E-state index < -0.39 is 0 Å². The number of benzene rings is 3. The molecular weight excluding hydrogens is 1380 g/mol. The third-order valence-electron chi connectivity index (χ3n) is 19.5. The van der Waals surface area contributed by atoms with Crippen LogP contribution in [-0.4, -0.2) is 212 Å². The van der Waals surface area contributed by atoms with Crippen molar-refractivity contribution in [3.63, 3.8) is 0 Å². The van der Waals surface area contributed by atoms with Gasteiger partial charge in [0.25, 0.3) is 0 Å². The standard InChI is InChI=1S/C22H27N7O.C20H25N7.C12H17N3O.C10H11ClN4.C6H3Cl2N3.C4H9N/c1-16(30)27-12-14-28(15-13-27)18-6-4-17(5-7-18)24-22-25-20-19(8-9-23-20)21(26-22)29-10-2-3-11-29;1-2-12-27(11-1)19-17-7-8-22-18(17)24-20(25-19)23-15-3-5-16(6-4-15)26-13-9-21-10-14-26;1-10(16)14-6-8-15(9-7-14)12-4-2-11(13)3-5-12;11-10-13-8-7(3-4-12-8)9(14-10)15-5-1-2-6-15;7-4-3-1-2-9-5(3)11-6(8)10-4;1-2-4-5-3-1/h4-9H,2-3,10-15H2,1H3,(H2,23,24,25,26);3-8,21H,1-2,9-14H2,(H2,22,23,24,25);2-5H,6-9,13H2,1H3;3-4H,1-2,5-6H2,(H,12,13,14);1-2H,(H,9,10,11);5H,1-4H2. The highest BCUT2D eigenvalue weighted by atomic mass is 35.5. The fourth-order valence-corrected chi connectivity index (χ4v) is 14.4. The maximum Gasteiger partial charge on any atom is 0.231 e. The minimum atomic E-state index is 0.154. The van der Waals surface area contributed by atoms with Gasteiger partial charge in [-0.1, -0.05) is 11.6 Å². The van der Waals surface area contributed by atoms with E-state index in [9.17, 15) is 9.59 Å². The number of halogens is 3. The van der Waals surface area contributed by atoms with Gasteiger partial charge in [0.15, 0.2) is 0 Å². The van der Waals surface area contributed by atoms with Crippen LogP contribution in [0.5, 0.6) is 0 Å². The molecule has 8 aromatic heterocycles. The van der Waals surface area contributed by atoms with E-state index in [1.807, 2.05) is 64.8 Å². The van der Waals surface area contributed by atoms with Crippen molar-refractivity contribution < 1.29 is 9.59 Å². The Hall–Kier alpha value is -9.93. The molecule has 0 atom stereocenters. The van der Waals surface area contributed by atoms with Gasteiger partial charge in [0.1, 0.15) is 45.2 Å². The zero-order chi connectivity index (χ0) is 71.7. The lowest BCUT2D eigenvalue weighted by atomic mass is 10.2. The third-order valence-corrected chi connectivity index (χ3v) is 20.1. The van der Waals surface area contributed by atoms with Crippen LogP contribution in [0, 0.1) is 0 Å². The number of hydrogen-bond donors (Lipinski definition) is 9. The molecule has 0 aliphatic carbocycles. The molecule has 27 nitrogen and oxygen atoms in total. The number of hydrogen-bond acceptors (Lipinski definition) is 21. The first-order valence-corrected chi connectivity index (χ1v) is 37.3. The summed E-state index contributed by atoms with van der Waals surface area (Å²) in [5.74, 6) is 4.55. The van der Waals surface area contributed by atoms with Crippen LogP contribution in [0.15, 0.2) is 122 Å². The van der Waals surface area contributed by atoms with Gasteiger partial charge in [-0.25, -0.2) is 4.98 Å². The van der Waals surface area contributed by atoms with E-state index in [1.165, 1.54) is 81.5 Å². The van der Waals surface area contributed by atoms with Gasteiger partial charge in [0.2, 0.25) is 34.3 Å². The van der Waals surface area contributed by atoms with Crippen molar-refractivity contribution >= 4 is 154 Å². The minimum Gasteiger partial charge on any atom is -0.399 e. The zero-order valence-corrected chi connectivity index (χ0v) is 61.3. The predicted octanol–water partition coefficient (Wildman–Crippen LogP) is 11.5. The summed E-state index contributed by atoms with van der Waals surface area (Å²) in [6.45, 7) is 23.0. The molecule has 30 heteroatoms. The fraction of sp³-hybridized carbons (Fsp3) is 0.405. The maximum atomic E-state index is 11.5. The van der Waals surface area contributed by atoms with E-state index in [2.05, 4.69) is 155 Å². The molecule has 7 aliphatic rings. The third kappa shape index (κ3) is 18.7. The molecule has 546 valence electrons. The lowest BCUT2D eigenvalue weighted by Gasteiger charge is -2.35. The Balaban J connectivity index is 0.000000118. The first-order valence-electron chi connectivity index (χ1n) is 36.2. The normalized spacial score (nSPS) is 16.7. The van der Waals surface area contributed by atoms with Crippen LogP contribution in [0.2, 0.25) is 15.7 Å². The first-order chi connectivity index (χ1) is 50.8. The molecule has 104 heavy (non-hydrogen) atoms. The van der Waals surface area contributed by atoms with Crippen LogP contribution in [0.3, 0.4) is 0 Å². The van der Waals surface area contributed by atoms with Crippen molar-refractivity contribution in [3.8, 4) is 0 Å². The Morgan fingerprint density at radius 2 is 0.692 bits per heavy atom. The van der Waals surface area contributed by atoms with E-state index in [1.54, 1.807) is 26.1 Å². The van der Waals surface area contributed by atoms with E-state index in [-0.39, 0.29) is 17.1 Å². The minimum absolute atomic E-state index is 0.154. The second-order valence-corrected chi connectivity index (χ2v) is 27.5. The monoisotopic (exact) mass is 1470 g/mol. The maximum absolute atomic E-state index is 11.5. The molecule has 0 radical (unpaired) electrons. The number of fused-ring (bicyclic) bond motifs is 4. The number of nitrogens with zero attached hydrogens (tertiary/aromatic N) is 16. The Kier molecular flexibility index (Phi) is 24.4. The molecule has 10 N–H and O–H groups in total. The smallest absolute Gasteiger partial charge is 0.231 e. The van der Waals surface area contributed by atoms with Crippen LogP contribution >= 0.6 is 34.8 Å². The van der Waals surface area contributed by atoms with Crippen LogP contribution in [0.1, 0.15) is 65.2 Å². The topological polar surface area (TPSA) is 300 Å². The van der Waals surface area contributed by atoms with Crippen molar-refractivity contribution in [2.75, 3.05) is 177 Å². The molecule has 0 bridgehead atoms. The molecule has 0 spiro atoms. The highest BCUT2D eigenvalue weighted by molar-refractivity contribution is 6.35. The van der Waals surface area contributed by atoms with Gasteiger partial charge >= 0.3 is 0 Å². The lowest BCUT2D eigenvalue weighted by Crippen LogP contribution is -2.48. The molecule has 7 aliphatic heterocycles. The molecular formula is C74H92Cl3N25O2. The van der Waals surface area contributed by atoms with Crippen LogP contribution in [0.25, 0.3) is 44.1 Å². The summed E-state index contributed by atoms with van der Waals surface area (Å²) in [7, 11) is 0. The van der Waals surface area contributed by atoms with Gasteiger partial charge in [-0.2, -0.15) is 34.9 Å². The van der Waals surface area contributed by atoms with Gasteiger partial charge in [-0.15, -0.1) is 0 Å². The molecule has 18 rings (SSSR count). The van der Waals surface area contributed by atoms with E-state index in [0.717, 1.165) is 191 Å². The number of nitrogen functional groups attached to an aromatic ring is 1. The lowest BCUT2D eigenvalue weighted by molar-refractivity contribution is -0.129. The fourth-order valence-electron chi connectivity index (χ4n) is 13.8. The van der Waals surface area contributed by atoms with Crippen LogP contribution in [0.4, 0.5) is 63.5 Å². The summed E-state index contributed by atoms with van der Waals surface area (Å²) in [5, 5.41) is 18.2. The average Bonchev–Trinajstić information content (AvgIpc) is 1.50. The number of carbonyl (C=O) groups is 2. The summed E-state index contributed by atoms with van der Waals surface area (Å²) < 4.78 is 0. The summed E-state index contributed by atoms with van der Waals surface area (Å²) in [6, 6.07) is 32.7. The average molecular weight is 1470 g/mol. The second-order valence-electron chi connectivity index (χ2n) is 26.5. The molecule has 3 aromatic carbocycles. The Bertz CT molecular complexity index is 4550. The number of H-pyrrole nitrogens is 4. The number of aromatic amines is 4. The SMILES string of the molecule is C1CCNC1.CC(=O)N1CCN(c2ccc(N)cc2)CC1.CC(=O)N1CCN(c2ccc(Nc3nc(N4CCCC4)c4cc[nH]c4n3)cc2)CC1.Clc1nc(Cl)c2cc[nH]c2n1.Clc1nc(N2CCCC2)c2cc[nH]c2n1.c1cc2c(N3CCCC3)nc(Nc3ccc(N4CCNCC4)cc3)nc2[nH]1. The van der Waals surface area contributed by atoms with Gasteiger partial charge in [-0.3, -0.25) is 9.59 Å². The predicted molar refractivity (Wildman–Crippen MR) is 421 cm³/mol. The molecule has 0 unspecified atom stereocenters. The molecule has 11 aromatic rings. The summed E-state index contributed by atoms with van der Waals surface area (Å²) >= 11 is 17.2.